The van der Waals surface area contributed by atoms with Crippen LogP contribution in [0.15, 0.2) is 30.5 Å². The molecule has 3 rings (SSSR count). The molecule has 5 nitrogen and oxygen atoms in total. The summed E-state index contributed by atoms with van der Waals surface area (Å²) in [6.07, 6.45) is 6.53. The number of carbonyl (C=O) groups is 1. The van der Waals surface area contributed by atoms with E-state index in [-0.39, 0.29) is 12.5 Å². The van der Waals surface area contributed by atoms with Gasteiger partial charge in [-0.15, -0.1) is 0 Å². The first kappa shape index (κ1) is 15.6. The van der Waals surface area contributed by atoms with Crippen LogP contribution in [0.2, 0.25) is 0 Å². The van der Waals surface area contributed by atoms with E-state index in [9.17, 15) is 4.79 Å². The molecule has 1 amide bonds. The molecule has 1 aromatic carbocycles. The van der Waals surface area contributed by atoms with Crippen LogP contribution in [0.1, 0.15) is 42.9 Å². The van der Waals surface area contributed by atoms with Gasteiger partial charge in [0.15, 0.2) is 6.61 Å². The number of benzene rings is 1. The Morgan fingerprint density at radius 2 is 2.13 bits per heavy atom. The van der Waals surface area contributed by atoms with Gasteiger partial charge in [0, 0.05) is 5.56 Å². The molecule has 5 heteroatoms. The van der Waals surface area contributed by atoms with E-state index < -0.39 is 0 Å². The summed E-state index contributed by atoms with van der Waals surface area (Å²) >= 11 is 0. The second-order valence-electron chi connectivity index (χ2n) is 6.21. The van der Waals surface area contributed by atoms with Gasteiger partial charge in [-0.1, -0.05) is 25.0 Å². The van der Waals surface area contributed by atoms with Gasteiger partial charge < -0.3 is 10.1 Å². The fourth-order valence-corrected chi connectivity index (χ4v) is 3.05. The molecule has 0 spiro atoms. The Labute approximate surface area is 136 Å². The van der Waals surface area contributed by atoms with Crippen molar-refractivity contribution in [1.82, 2.24) is 9.78 Å². The molecule has 1 N–H and O–H groups in total. The number of hydrogen-bond acceptors (Lipinski definition) is 3. The van der Waals surface area contributed by atoms with E-state index in [1.165, 1.54) is 12.8 Å². The highest BCUT2D eigenvalue weighted by Gasteiger charge is 2.22. The third-order valence-electron chi connectivity index (χ3n) is 4.27. The molecule has 122 valence electrons. The topological polar surface area (TPSA) is 56.1 Å². The molecule has 0 radical (unpaired) electrons. The molecule has 1 saturated carbocycles. The highest BCUT2D eigenvalue weighted by molar-refractivity contribution is 5.91. The fraction of sp³-hybridized carbons (Fsp3) is 0.444. The number of aromatic nitrogens is 2. The van der Waals surface area contributed by atoms with Gasteiger partial charge in [-0.05, 0) is 44.4 Å². The van der Waals surface area contributed by atoms with Gasteiger partial charge in [0.1, 0.15) is 11.6 Å². The minimum atomic E-state index is -0.158. The van der Waals surface area contributed by atoms with E-state index in [1.807, 2.05) is 49.0 Å². The number of aryl methyl sites for hydroxylation is 2. The summed E-state index contributed by atoms with van der Waals surface area (Å²) < 4.78 is 7.53. The van der Waals surface area contributed by atoms with Crippen molar-refractivity contribution in [3.63, 3.8) is 0 Å². The molecule has 0 unspecified atom stereocenters. The van der Waals surface area contributed by atoms with Gasteiger partial charge in [-0.2, -0.15) is 5.10 Å². The van der Waals surface area contributed by atoms with Crippen LogP contribution in [-0.4, -0.2) is 22.3 Å². The average molecular weight is 313 g/mol. The molecule has 0 saturated heterocycles. The van der Waals surface area contributed by atoms with Crippen molar-refractivity contribution < 1.29 is 9.53 Å². The number of rotatable bonds is 5. The van der Waals surface area contributed by atoms with Crippen molar-refractivity contribution in [2.45, 2.75) is 45.6 Å². The largest absolute Gasteiger partial charge is 0.484 e. The summed E-state index contributed by atoms with van der Waals surface area (Å²) in [6, 6.07) is 8.09. The Kier molecular flexibility index (Phi) is 4.65. The van der Waals surface area contributed by atoms with Crippen LogP contribution < -0.4 is 10.1 Å². The molecule has 1 aromatic heterocycles. The SMILES string of the molecule is Cc1cccc(OCC(=O)Nc2c(C)cnn2C2CCCC2)c1. The molecule has 2 aromatic rings. The normalized spacial score (nSPS) is 14.9. The maximum absolute atomic E-state index is 12.2. The van der Waals surface area contributed by atoms with Crippen molar-refractivity contribution in [3.8, 4) is 5.75 Å². The number of nitrogens with one attached hydrogen (secondary N) is 1. The van der Waals surface area contributed by atoms with Crippen LogP contribution in [0.25, 0.3) is 0 Å². The monoisotopic (exact) mass is 313 g/mol. The molecular formula is C18H23N3O2. The van der Waals surface area contributed by atoms with Crippen molar-refractivity contribution >= 4 is 11.7 Å². The minimum Gasteiger partial charge on any atom is -0.484 e. The Balaban J connectivity index is 1.62. The van der Waals surface area contributed by atoms with Crippen LogP contribution in [0.3, 0.4) is 0 Å². The highest BCUT2D eigenvalue weighted by Crippen LogP contribution is 2.32. The predicted molar refractivity (Wildman–Crippen MR) is 89.8 cm³/mol. The molecule has 1 fully saturated rings. The first-order chi connectivity index (χ1) is 11.1. The maximum atomic E-state index is 12.2. The van der Waals surface area contributed by atoms with E-state index in [0.717, 1.165) is 29.8 Å². The van der Waals surface area contributed by atoms with E-state index in [4.69, 9.17) is 4.74 Å². The standard InChI is InChI=1S/C18H23N3O2/c1-13-6-5-9-16(10-13)23-12-17(22)20-18-14(2)11-19-21(18)15-7-3-4-8-15/h5-6,9-11,15H,3-4,7-8,12H2,1-2H3,(H,20,22). The highest BCUT2D eigenvalue weighted by atomic mass is 16.5. The van der Waals surface area contributed by atoms with Gasteiger partial charge in [0.25, 0.3) is 5.91 Å². The summed E-state index contributed by atoms with van der Waals surface area (Å²) in [6.45, 7) is 3.96. The van der Waals surface area contributed by atoms with Gasteiger partial charge in [0.2, 0.25) is 0 Å². The van der Waals surface area contributed by atoms with Crippen LogP contribution in [0, 0.1) is 13.8 Å². The summed E-state index contributed by atoms with van der Waals surface area (Å²) in [5.74, 6) is 1.35. The van der Waals surface area contributed by atoms with Crippen LogP contribution in [0.4, 0.5) is 5.82 Å². The zero-order valence-electron chi connectivity index (χ0n) is 13.7. The number of nitrogens with zero attached hydrogens (tertiary/aromatic N) is 2. The van der Waals surface area contributed by atoms with Crippen molar-refractivity contribution in [3.05, 3.63) is 41.6 Å². The van der Waals surface area contributed by atoms with E-state index in [2.05, 4.69) is 10.4 Å². The average Bonchev–Trinajstić information content (AvgIpc) is 3.16. The Hall–Kier alpha value is -2.30. The Morgan fingerprint density at radius 1 is 1.35 bits per heavy atom. The smallest absolute Gasteiger partial charge is 0.263 e. The quantitative estimate of drug-likeness (QED) is 0.917. The van der Waals surface area contributed by atoms with Crippen LogP contribution >= 0.6 is 0 Å². The maximum Gasteiger partial charge on any atom is 0.263 e. The number of ether oxygens (including phenoxy) is 1. The van der Waals surface area contributed by atoms with Crippen LogP contribution in [-0.2, 0) is 4.79 Å². The molecular weight excluding hydrogens is 290 g/mol. The number of anilines is 1. The minimum absolute atomic E-state index is 0.00125. The van der Waals surface area contributed by atoms with Gasteiger partial charge in [-0.3, -0.25) is 4.79 Å². The van der Waals surface area contributed by atoms with E-state index in [1.54, 1.807) is 0 Å². The third kappa shape index (κ3) is 3.73. The second kappa shape index (κ2) is 6.86. The molecule has 1 aliphatic carbocycles. The molecule has 23 heavy (non-hydrogen) atoms. The van der Waals surface area contributed by atoms with Crippen molar-refractivity contribution in [1.29, 1.82) is 0 Å². The summed E-state index contributed by atoms with van der Waals surface area (Å²) in [7, 11) is 0. The van der Waals surface area contributed by atoms with E-state index >= 15 is 0 Å². The lowest BCUT2D eigenvalue weighted by atomic mass is 10.2. The molecule has 0 aliphatic heterocycles. The Bertz CT molecular complexity index is 687. The zero-order chi connectivity index (χ0) is 16.2. The van der Waals surface area contributed by atoms with Crippen molar-refractivity contribution in [2.24, 2.45) is 0 Å². The molecule has 1 aliphatic rings. The molecule has 0 atom stereocenters. The summed E-state index contributed by atoms with van der Waals surface area (Å²) in [4.78, 5) is 12.2. The lowest BCUT2D eigenvalue weighted by molar-refractivity contribution is -0.118. The number of amides is 1. The second-order valence-corrected chi connectivity index (χ2v) is 6.21. The lowest BCUT2D eigenvalue weighted by Crippen LogP contribution is -2.23. The van der Waals surface area contributed by atoms with Gasteiger partial charge >= 0.3 is 0 Å². The lowest BCUT2D eigenvalue weighted by Gasteiger charge is -2.15. The van der Waals surface area contributed by atoms with Gasteiger partial charge in [0.05, 0.1) is 12.2 Å². The predicted octanol–water partition coefficient (Wildman–Crippen LogP) is 3.63. The van der Waals surface area contributed by atoms with E-state index in [0.29, 0.717) is 11.8 Å². The molecule has 0 bridgehead atoms. The third-order valence-corrected chi connectivity index (χ3v) is 4.27. The van der Waals surface area contributed by atoms with Crippen LogP contribution in [0.5, 0.6) is 5.75 Å². The summed E-state index contributed by atoms with van der Waals surface area (Å²) in [5, 5.41) is 7.40. The van der Waals surface area contributed by atoms with Gasteiger partial charge in [-0.25, -0.2) is 4.68 Å². The van der Waals surface area contributed by atoms with Crippen molar-refractivity contribution in [2.75, 3.05) is 11.9 Å². The first-order valence-corrected chi connectivity index (χ1v) is 8.17. The molecule has 1 heterocycles. The number of carbonyl (C=O) groups excluding carboxylic acids is 1. The fourth-order valence-electron chi connectivity index (χ4n) is 3.05. The summed E-state index contributed by atoms with van der Waals surface area (Å²) in [5.41, 5.74) is 2.10. The first-order valence-electron chi connectivity index (χ1n) is 8.17. The number of hydrogen-bond donors (Lipinski definition) is 1. The zero-order valence-corrected chi connectivity index (χ0v) is 13.7. The Morgan fingerprint density at radius 3 is 2.87 bits per heavy atom.